The number of fused-ring (bicyclic) bond motifs is 1. The monoisotopic (exact) mass is 275 g/mol. The van der Waals surface area contributed by atoms with Crippen LogP contribution in [0.3, 0.4) is 0 Å². The minimum Gasteiger partial charge on any atom is -0.496 e. The quantitative estimate of drug-likeness (QED) is 0.845. The second kappa shape index (κ2) is 4.80. The number of hydrogen-bond acceptors (Lipinski definition) is 2. The zero-order valence-corrected chi connectivity index (χ0v) is 13.9. The van der Waals surface area contributed by atoms with Gasteiger partial charge in [-0.15, -0.1) is 0 Å². The molecule has 19 heavy (non-hydrogen) atoms. The summed E-state index contributed by atoms with van der Waals surface area (Å²) in [5, 5.41) is 0. The first-order chi connectivity index (χ1) is 8.74. The van der Waals surface area contributed by atoms with Crippen molar-refractivity contribution in [2.75, 3.05) is 7.11 Å². The van der Waals surface area contributed by atoms with Gasteiger partial charge in [0.15, 0.2) is 0 Å². The van der Waals surface area contributed by atoms with E-state index in [-0.39, 0.29) is 5.54 Å². The van der Waals surface area contributed by atoms with Crippen LogP contribution in [0.5, 0.6) is 0 Å². The van der Waals surface area contributed by atoms with Crippen LogP contribution in [0.2, 0.25) is 13.1 Å². The number of allylic oxidation sites excluding steroid dienone is 1. The lowest BCUT2D eigenvalue weighted by molar-refractivity contribution is 0.371. The van der Waals surface area contributed by atoms with Crippen molar-refractivity contribution in [2.45, 2.75) is 44.9 Å². The second-order valence-corrected chi connectivity index (χ2v) is 11.2. The Morgan fingerprint density at radius 1 is 1.16 bits per heavy atom. The number of hydrogen-bond donors (Lipinski definition) is 1. The molecule has 1 atom stereocenters. The van der Waals surface area contributed by atoms with E-state index in [0.717, 1.165) is 5.76 Å². The van der Waals surface area contributed by atoms with Crippen LogP contribution in [-0.4, -0.2) is 20.9 Å². The molecule has 1 unspecified atom stereocenters. The molecular formula is C16H25NOSi. The number of rotatable bonds is 3. The van der Waals surface area contributed by atoms with Gasteiger partial charge in [-0.3, -0.25) is 0 Å². The molecule has 1 aromatic carbocycles. The van der Waals surface area contributed by atoms with Crippen LogP contribution in [0.25, 0.3) is 5.76 Å². The van der Waals surface area contributed by atoms with Crippen molar-refractivity contribution in [1.29, 1.82) is 0 Å². The lowest BCUT2D eigenvalue weighted by atomic mass is 10.1. The Balaban J connectivity index is 2.39. The first-order valence-electron chi connectivity index (χ1n) is 6.89. The average Bonchev–Trinajstić information content (AvgIpc) is 2.65. The SMILES string of the molecule is COC1=CC([Si](C)(C)NC(C)(C)C)c2ccccc21. The van der Waals surface area contributed by atoms with Gasteiger partial charge in [0.05, 0.1) is 7.11 Å². The minimum atomic E-state index is -1.62. The summed E-state index contributed by atoms with van der Waals surface area (Å²) < 4.78 is 5.55. The Bertz CT molecular complexity index is 500. The van der Waals surface area contributed by atoms with Crippen molar-refractivity contribution >= 4 is 14.0 Å². The van der Waals surface area contributed by atoms with Crippen molar-refractivity contribution in [1.82, 2.24) is 4.98 Å². The summed E-state index contributed by atoms with van der Waals surface area (Å²) in [6.07, 6.45) is 2.30. The fourth-order valence-electron chi connectivity index (χ4n) is 3.14. The van der Waals surface area contributed by atoms with Gasteiger partial charge < -0.3 is 9.72 Å². The van der Waals surface area contributed by atoms with Gasteiger partial charge in [-0.25, -0.2) is 0 Å². The molecule has 0 aromatic heterocycles. The molecule has 104 valence electrons. The molecule has 0 spiro atoms. The van der Waals surface area contributed by atoms with Crippen LogP contribution in [0.4, 0.5) is 0 Å². The van der Waals surface area contributed by atoms with Gasteiger partial charge in [0, 0.05) is 16.6 Å². The molecule has 1 aromatic rings. The third-order valence-corrected chi connectivity index (χ3v) is 7.00. The topological polar surface area (TPSA) is 21.3 Å². The molecule has 2 nitrogen and oxygen atoms in total. The molecule has 0 saturated carbocycles. The minimum absolute atomic E-state index is 0.147. The van der Waals surface area contributed by atoms with Gasteiger partial charge in [0.1, 0.15) is 14.0 Å². The second-order valence-electron chi connectivity index (χ2n) is 6.90. The molecule has 0 saturated heterocycles. The number of nitrogens with one attached hydrogen (secondary N) is 1. The molecule has 1 aliphatic carbocycles. The first kappa shape index (κ1) is 14.3. The Hall–Kier alpha value is -1.06. The van der Waals surface area contributed by atoms with Crippen molar-refractivity contribution in [3.05, 3.63) is 41.5 Å². The average molecular weight is 275 g/mol. The van der Waals surface area contributed by atoms with Gasteiger partial charge in [0.25, 0.3) is 0 Å². The van der Waals surface area contributed by atoms with Crippen LogP contribution in [0.15, 0.2) is 30.3 Å². The van der Waals surface area contributed by atoms with E-state index < -0.39 is 8.24 Å². The van der Waals surface area contributed by atoms with Crippen molar-refractivity contribution < 1.29 is 4.74 Å². The summed E-state index contributed by atoms with van der Waals surface area (Å²) in [4.78, 5) is 3.86. The van der Waals surface area contributed by atoms with Crippen LogP contribution in [-0.2, 0) is 4.74 Å². The lowest BCUT2D eigenvalue weighted by Crippen LogP contribution is -2.57. The molecule has 0 bridgehead atoms. The van der Waals surface area contributed by atoms with Crippen molar-refractivity contribution in [3.63, 3.8) is 0 Å². The van der Waals surface area contributed by atoms with Crippen LogP contribution >= 0.6 is 0 Å². The van der Waals surface area contributed by atoms with E-state index in [9.17, 15) is 0 Å². The third-order valence-electron chi connectivity index (χ3n) is 3.57. The van der Waals surface area contributed by atoms with Gasteiger partial charge in [-0.05, 0) is 32.4 Å². The molecule has 1 aliphatic rings. The largest absolute Gasteiger partial charge is 0.496 e. The highest BCUT2D eigenvalue weighted by molar-refractivity contribution is 6.77. The predicted octanol–water partition coefficient (Wildman–Crippen LogP) is 3.90. The van der Waals surface area contributed by atoms with E-state index in [4.69, 9.17) is 4.74 Å². The van der Waals surface area contributed by atoms with Crippen molar-refractivity contribution in [3.8, 4) is 0 Å². The Morgan fingerprint density at radius 2 is 1.79 bits per heavy atom. The smallest absolute Gasteiger partial charge is 0.131 e. The molecule has 0 radical (unpaired) electrons. The van der Waals surface area contributed by atoms with Crippen LogP contribution in [0.1, 0.15) is 37.4 Å². The summed E-state index contributed by atoms with van der Waals surface area (Å²) in [6.45, 7) is 11.5. The molecule has 0 heterocycles. The lowest BCUT2D eigenvalue weighted by Gasteiger charge is -2.37. The third kappa shape index (κ3) is 2.93. The number of methoxy groups -OCH3 is 1. The normalized spacial score (nSPS) is 19.1. The maximum Gasteiger partial charge on any atom is 0.131 e. The molecule has 2 rings (SSSR count). The van der Waals surface area contributed by atoms with Gasteiger partial charge in [-0.2, -0.15) is 0 Å². The zero-order valence-electron chi connectivity index (χ0n) is 12.9. The molecular weight excluding hydrogens is 250 g/mol. The first-order valence-corrected chi connectivity index (χ1v) is 9.97. The Labute approximate surface area is 118 Å². The maximum atomic E-state index is 5.55. The van der Waals surface area contributed by atoms with Gasteiger partial charge in [0.2, 0.25) is 0 Å². The van der Waals surface area contributed by atoms with Gasteiger partial charge in [-0.1, -0.05) is 37.4 Å². The fraction of sp³-hybridized carbons (Fsp3) is 0.500. The molecule has 3 heteroatoms. The highest BCUT2D eigenvalue weighted by Crippen LogP contribution is 2.40. The summed E-state index contributed by atoms with van der Waals surface area (Å²) in [5.41, 5.74) is 3.28. The molecule has 1 N–H and O–H groups in total. The number of benzene rings is 1. The summed E-state index contributed by atoms with van der Waals surface area (Å²) in [5.74, 6) is 1.02. The van der Waals surface area contributed by atoms with E-state index in [1.165, 1.54) is 11.1 Å². The van der Waals surface area contributed by atoms with E-state index in [1.807, 2.05) is 0 Å². The summed E-state index contributed by atoms with van der Waals surface area (Å²) in [6, 6.07) is 8.60. The van der Waals surface area contributed by atoms with Crippen LogP contribution < -0.4 is 4.98 Å². The van der Waals surface area contributed by atoms with E-state index in [1.54, 1.807) is 7.11 Å². The summed E-state index contributed by atoms with van der Waals surface area (Å²) >= 11 is 0. The Morgan fingerprint density at radius 3 is 2.37 bits per heavy atom. The fourth-order valence-corrected chi connectivity index (χ4v) is 6.83. The molecule has 0 fully saturated rings. The van der Waals surface area contributed by atoms with E-state index >= 15 is 0 Å². The van der Waals surface area contributed by atoms with Crippen molar-refractivity contribution in [2.24, 2.45) is 0 Å². The molecule has 0 aliphatic heterocycles. The highest BCUT2D eigenvalue weighted by Gasteiger charge is 2.39. The zero-order chi connectivity index (χ0) is 14.3. The highest BCUT2D eigenvalue weighted by atomic mass is 28.3. The van der Waals surface area contributed by atoms with Crippen LogP contribution in [0, 0.1) is 0 Å². The van der Waals surface area contributed by atoms with E-state index in [0.29, 0.717) is 5.54 Å². The summed E-state index contributed by atoms with van der Waals surface area (Å²) in [7, 11) is 0.139. The standard InChI is InChI=1S/C16H25NOSi/c1-16(2,3)17-19(5,6)15-11-14(18-4)12-9-7-8-10-13(12)15/h7-11,15,17H,1-6H3. The maximum absolute atomic E-state index is 5.55. The van der Waals surface area contributed by atoms with E-state index in [2.05, 4.69) is 69.2 Å². The Kier molecular flexibility index (Phi) is 3.62. The van der Waals surface area contributed by atoms with Gasteiger partial charge >= 0.3 is 0 Å². The number of ether oxygens (including phenoxy) is 1. The predicted molar refractivity (Wildman–Crippen MR) is 84.5 cm³/mol. The molecule has 0 amide bonds.